The molecule has 0 saturated carbocycles. The molecule has 0 atom stereocenters. The van der Waals surface area contributed by atoms with Gasteiger partial charge in [-0.15, -0.1) is 0 Å². The van der Waals surface area contributed by atoms with Gasteiger partial charge in [0.15, 0.2) is 0 Å². The Hall–Kier alpha value is -2.30. The lowest BCUT2D eigenvalue weighted by atomic mass is 10.2. The van der Waals surface area contributed by atoms with Crippen LogP contribution in [0.5, 0.6) is 0 Å². The summed E-state index contributed by atoms with van der Waals surface area (Å²) in [7, 11) is 0. The zero-order valence-corrected chi connectivity index (χ0v) is 9.70. The van der Waals surface area contributed by atoms with Crippen LogP contribution in [-0.2, 0) is 6.18 Å². The normalized spacial score (nSPS) is 11.9. The molecule has 0 unspecified atom stereocenters. The molecule has 1 aromatic heterocycles. The minimum atomic E-state index is -4.39. The van der Waals surface area contributed by atoms with Gasteiger partial charge in [-0.05, 0) is 12.1 Å². The van der Waals surface area contributed by atoms with Crippen molar-refractivity contribution in [3.05, 3.63) is 54.1 Å². The maximum absolute atomic E-state index is 12.9. The van der Waals surface area contributed by atoms with E-state index in [1.165, 1.54) is 6.07 Å². The lowest BCUT2D eigenvalue weighted by Gasteiger charge is -2.06. The Morgan fingerprint density at radius 3 is 2.32 bits per heavy atom. The third-order valence-electron chi connectivity index (χ3n) is 2.87. The number of H-pyrrole nitrogens is 1. The van der Waals surface area contributed by atoms with Gasteiger partial charge in [0.25, 0.3) is 0 Å². The van der Waals surface area contributed by atoms with Crippen molar-refractivity contribution in [3.8, 4) is 11.4 Å². The van der Waals surface area contributed by atoms with Gasteiger partial charge in [-0.3, -0.25) is 0 Å². The molecular weight excluding hydrogens is 253 g/mol. The first-order chi connectivity index (χ1) is 9.05. The molecule has 3 rings (SSSR count). The Balaban J connectivity index is 2.22. The fourth-order valence-electron chi connectivity index (χ4n) is 2.00. The van der Waals surface area contributed by atoms with Gasteiger partial charge in [0.1, 0.15) is 5.82 Å². The quantitative estimate of drug-likeness (QED) is 0.697. The molecule has 0 aliphatic heterocycles. The Labute approximate surface area is 106 Å². The van der Waals surface area contributed by atoms with Gasteiger partial charge < -0.3 is 4.98 Å². The number of aromatic nitrogens is 2. The van der Waals surface area contributed by atoms with Crippen molar-refractivity contribution in [2.45, 2.75) is 6.18 Å². The number of benzene rings is 2. The van der Waals surface area contributed by atoms with Gasteiger partial charge in [0.05, 0.1) is 16.6 Å². The van der Waals surface area contributed by atoms with E-state index in [1.54, 1.807) is 18.2 Å². The molecule has 0 radical (unpaired) electrons. The second-order valence-corrected chi connectivity index (χ2v) is 4.15. The molecule has 0 amide bonds. The van der Waals surface area contributed by atoms with E-state index < -0.39 is 11.7 Å². The van der Waals surface area contributed by atoms with Crippen LogP contribution in [0.1, 0.15) is 5.56 Å². The molecule has 3 aromatic rings. The smallest absolute Gasteiger partial charge is 0.337 e. The number of para-hydroxylation sites is 1. The number of alkyl halides is 3. The second-order valence-electron chi connectivity index (χ2n) is 4.15. The fraction of sp³-hybridized carbons (Fsp3) is 0.0714. The van der Waals surface area contributed by atoms with E-state index >= 15 is 0 Å². The van der Waals surface area contributed by atoms with Crippen LogP contribution in [0.3, 0.4) is 0 Å². The van der Waals surface area contributed by atoms with Gasteiger partial charge in [-0.2, -0.15) is 13.2 Å². The number of nitrogens with one attached hydrogen (secondary N) is 1. The number of fused-ring (bicyclic) bond motifs is 1. The van der Waals surface area contributed by atoms with Gasteiger partial charge >= 0.3 is 6.18 Å². The topological polar surface area (TPSA) is 28.7 Å². The molecule has 0 saturated heterocycles. The highest BCUT2D eigenvalue weighted by molar-refractivity contribution is 5.82. The number of imidazole rings is 1. The van der Waals surface area contributed by atoms with E-state index in [2.05, 4.69) is 9.97 Å². The highest BCUT2D eigenvalue weighted by atomic mass is 19.4. The molecule has 2 nitrogen and oxygen atoms in total. The summed E-state index contributed by atoms with van der Waals surface area (Å²) in [6, 6.07) is 13.0. The second kappa shape index (κ2) is 4.12. The average Bonchev–Trinajstić information content (AvgIpc) is 2.82. The summed E-state index contributed by atoms with van der Waals surface area (Å²) < 4.78 is 38.6. The molecule has 0 aliphatic carbocycles. The monoisotopic (exact) mass is 262 g/mol. The zero-order chi connectivity index (χ0) is 13.5. The van der Waals surface area contributed by atoms with E-state index in [4.69, 9.17) is 0 Å². The number of rotatable bonds is 1. The van der Waals surface area contributed by atoms with Crippen LogP contribution in [0.4, 0.5) is 13.2 Å². The summed E-state index contributed by atoms with van der Waals surface area (Å²) in [5, 5.41) is 0. The van der Waals surface area contributed by atoms with E-state index in [0.29, 0.717) is 11.3 Å². The predicted octanol–water partition coefficient (Wildman–Crippen LogP) is 4.25. The predicted molar refractivity (Wildman–Crippen MR) is 66.5 cm³/mol. The van der Waals surface area contributed by atoms with Crippen molar-refractivity contribution in [2.75, 3.05) is 0 Å². The van der Waals surface area contributed by atoms with Crippen molar-refractivity contribution in [3.63, 3.8) is 0 Å². The minimum Gasteiger partial charge on any atom is -0.337 e. The SMILES string of the molecule is FC(F)(F)c1cccc2nc(-c3ccccc3)[nH]c12. The number of hydrogen-bond acceptors (Lipinski definition) is 1. The summed E-state index contributed by atoms with van der Waals surface area (Å²) in [5.41, 5.74) is 0.397. The van der Waals surface area contributed by atoms with Gasteiger partial charge in [-0.1, -0.05) is 36.4 Å². The van der Waals surface area contributed by atoms with Crippen molar-refractivity contribution >= 4 is 11.0 Å². The summed E-state index contributed by atoms with van der Waals surface area (Å²) >= 11 is 0. The molecule has 0 aliphatic rings. The molecule has 0 spiro atoms. The van der Waals surface area contributed by atoms with Crippen LogP contribution in [0.2, 0.25) is 0 Å². The number of aromatic amines is 1. The zero-order valence-electron chi connectivity index (χ0n) is 9.70. The Morgan fingerprint density at radius 2 is 1.63 bits per heavy atom. The van der Waals surface area contributed by atoms with E-state index in [1.807, 2.05) is 18.2 Å². The minimum absolute atomic E-state index is 0.0221. The number of nitrogens with zero attached hydrogens (tertiary/aromatic N) is 1. The van der Waals surface area contributed by atoms with Gasteiger partial charge in [-0.25, -0.2) is 4.98 Å². The average molecular weight is 262 g/mol. The summed E-state index contributed by atoms with van der Waals surface area (Å²) in [5.74, 6) is 0.437. The lowest BCUT2D eigenvalue weighted by Crippen LogP contribution is -2.05. The van der Waals surface area contributed by atoms with E-state index in [9.17, 15) is 13.2 Å². The van der Waals surface area contributed by atoms with Crippen molar-refractivity contribution in [1.29, 1.82) is 0 Å². The van der Waals surface area contributed by atoms with Gasteiger partial charge in [0, 0.05) is 5.56 Å². The molecule has 1 heterocycles. The van der Waals surface area contributed by atoms with Crippen molar-refractivity contribution < 1.29 is 13.2 Å². The Kier molecular flexibility index (Phi) is 2.55. The highest BCUT2D eigenvalue weighted by Crippen LogP contribution is 2.34. The van der Waals surface area contributed by atoms with Crippen LogP contribution < -0.4 is 0 Å². The summed E-state index contributed by atoms with van der Waals surface area (Å²) in [6.07, 6.45) is -4.39. The van der Waals surface area contributed by atoms with Crippen LogP contribution in [0.25, 0.3) is 22.4 Å². The molecule has 1 N–H and O–H groups in total. The summed E-state index contributed by atoms with van der Waals surface area (Å²) in [6.45, 7) is 0. The molecule has 19 heavy (non-hydrogen) atoms. The fourth-order valence-corrected chi connectivity index (χ4v) is 2.00. The van der Waals surface area contributed by atoms with Crippen LogP contribution >= 0.6 is 0 Å². The first-order valence-corrected chi connectivity index (χ1v) is 5.67. The Morgan fingerprint density at radius 1 is 0.895 bits per heavy atom. The highest BCUT2D eigenvalue weighted by Gasteiger charge is 2.33. The Bertz CT molecular complexity index is 714. The molecule has 96 valence electrons. The lowest BCUT2D eigenvalue weighted by molar-refractivity contribution is -0.136. The molecule has 5 heteroatoms. The standard InChI is InChI=1S/C14H9F3N2/c15-14(16,17)10-7-4-8-11-12(10)19-13(18-11)9-5-2-1-3-6-9/h1-8H,(H,18,19). The van der Waals surface area contributed by atoms with Crippen LogP contribution in [0.15, 0.2) is 48.5 Å². The third-order valence-corrected chi connectivity index (χ3v) is 2.87. The largest absolute Gasteiger partial charge is 0.418 e. The van der Waals surface area contributed by atoms with E-state index in [-0.39, 0.29) is 5.52 Å². The third kappa shape index (κ3) is 2.07. The van der Waals surface area contributed by atoms with E-state index in [0.717, 1.165) is 11.6 Å². The number of hydrogen-bond donors (Lipinski definition) is 1. The maximum Gasteiger partial charge on any atom is 0.418 e. The van der Waals surface area contributed by atoms with Crippen LogP contribution in [0, 0.1) is 0 Å². The first kappa shape index (κ1) is 11.8. The molecular formula is C14H9F3N2. The first-order valence-electron chi connectivity index (χ1n) is 5.67. The van der Waals surface area contributed by atoms with Crippen LogP contribution in [-0.4, -0.2) is 9.97 Å². The van der Waals surface area contributed by atoms with Crippen molar-refractivity contribution in [2.24, 2.45) is 0 Å². The molecule has 0 fully saturated rings. The van der Waals surface area contributed by atoms with Crippen molar-refractivity contribution in [1.82, 2.24) is 9.97 Å². The van der Waals surface area contributed by atoms with Gasteiger partial charge in [0.2, 0.25) is 0 Å². The summed E-state index contributed by atoms with van der Waals surface area (Å²) in [4.78, 5) is 6.96. The number of halogens is 3. The molecule has 2 aromatic carbocycles. The molecule has 0 bridgehead atoms. The maximum atomic E-state index is 12.9.